The molecule has 4 heterocycles. The third-order valence-corrected chi connectivity index (χ3v) is 9.09. The van der Waals surface area contributed by atoms with Gasteiger partial charge in [0, 0.05) is 49.7 Å². The molecule has 2 N–H and O–H groups in total. The molecule has 0 saturated carbocycles. The van der Waals surface area contributed by atoms with Gasteiger partial charge in [-0.25, -0.2) is 17.8 Å². The number of aromatic nitrogens is 3. The van der Waals surface area contributed by atoms with Gasteiger partial charge in [-0.2, -0.15) is 0 Å². The van der Waals surface area contributed by atoms with Crippen LogP contribution in [0.25, 0.3) is 28.0 Å². The number of nitrogens with two attached hydrogens (primary N) is 1. The molecule has 1 aliphatic rings. The molecule has 0 spiro atoms. The molecule has 5 rings (SSSR count). The maximum Gasteiger partial charge on any atom is 0.277 e. The molecule has 0 unspecified atom stereocenters. The van der Waals surface area contributed by atoms with Gasteiger partial charge in [-0.15, -0.1) is 0 Å². The second kappa shape index (κ2) is 11.7. The first-order valence-electron chi connectivity index (χ1n) is 13.9. The summed E-state index contributed by atoms with van der Waals surface area (Å²) in [7, 11) is -4.15. The number of nitrogen functional groups attached to an aromatic ring is 1. The van der Waals surface area contributed by atoms with E-state index in [0.717, 1.165) is 6.26 Å². The van der Waals surface area contributed by atoms with Crippen molar-refractivity contribution in [3.63, 3.8) is 0 Å². The van der Waals surface area contributed by atoms with Crippen LogP contribution in [-0.2, 0) is 14.6 Å². The second-order valence-electron chi connectivity index (χ2n) is 11.0. The van der Waals surface area contributed by atoms with E-state index in [0.29, 0.717) is 16.9 Å². The lowest BCUT2D eigenvalue weighted by molar-refractivity contribution is -0.126. The Balaban J connectivity index is 1.96. The van der Waals surface area contributed by atoms with Gasteiger partial charge < -0.3 is 15.5 Å². The van der Waals surface area contributed by atoms with Crippen LogP contribution in [-0.4, -0.2) is 66.2 Å². The van der Waals surface area contributed by atoms with Gasteiger partial charge in [-0.1, -0.05) is 38.1 Å². The van der Waals surface area contributed by atoms with Crippen LogP contribution in [0.5, 0.6) is 0 Å². The fourth-order valence-electron chi connectivity index (χ4n) is 5.63. The van der Waals surface area contributed by atoms with Crippen LogP contribution >= 0.6 is 11.6 Å². The van der Waals surface area contributed by atoms with Crippen molar-refractivity contribution in [1.82, 2.24) is 19.4 Å². The van der Waals surface area contributed by atoms with E-state index in [9.17, 15) is 18.0 Å². The second-order valence-corrected chi connectivity index (χ2v) is 13.4. The number of carbonyl (C=O) groups is 1. The molecule has 0 radical (unpaired) electrons. The number of pyridine rings is 3. The van der Waals surface area contributed by atoms with Crippen LogP contribution in [0.1, 0.15) is 31.0 Å². The number of carbonyl (C=O) groups excluding carboxylic acids is 1. The molecule has 230 valence electrons. The summed E-state index contributed by atoms with van der Waals surface area (Å²) in [6, 6.07) is 7.41. The normalized spacial score (nSPS) is 14.0. The number of piperazine rings is 1. The predicted octanol–water partition coefficient (Wildman–Crippen LogP) is 4.49. The number of hydrogen-bond acceptors (Lipinski definition) is 8. The molecule has 0 aliphatic carbocycles. The minimum Gasteiger partial charge on any atom is -0.398 e. The van der Waals surface area contributed by atoms with E-state index in [4.69, 9.17) is 22.3 Å². The highest BCUT2D eigenvalue weighted by atomic mass is 35.5. The third-order valence-electron chi connectivity index (χ3n) is 7.70. The molecule has 1 aliphatic heterocycles. The zero-order valence-corrected chi connectivity index (χ0v) is 26.3. The van der Waals surface area contributed by atoms with Gasteiger partial charge in [0.2, 0.25) is 5.91 Å². The van der Waals surface area contributed by atoms with Crippen LogP contribution in [0.15, 0.2) is 58.9 Å². The molecular formula is C31H32ClFN6O4S. The number of anilines is 2. The van der Waals surface area contributed by atoms with Gasteiger partial charge in [-0.05, 0) is 48.7 Å². The lowest BCUT2D eigenvalue weighted by Gasteiger charge is -2.37. The smallest absolute Gasteiger partial charge is 0.277 e. The van der Waals surface area contributed by atoms with Crippen LogP contribution in [0.2, 0.25) is 5.02 Å². The minimum absolute atomic E-state index is 0.00462. The maximum absolute atomic E-state index is 15.2. The Morgan fingerprint density at radius 2 is 1.84 bits per heavy atom. The van der Waals surface area contributed by atoms with Crippen molar-refractivity contribution >= 4 is 49.8 Å². The molecule has 3 aromatic heterocycles. The standard InChI is InChI=1S/C31H32ClFN6O4S/c1-6-23(40)37-12-14-38(15-13-37)28-19-16-20(32)26(24-21(33)8-7-9-22(24)34)36-30(19)39(31(41)29(28)44(5,42)43)27-18(4)10-11-35-25(27)17(2)3/h6-11,16-17H,1,12-15,34H2,2-5H3. The molecule has 1 fully saturated rings. The highest BCUT2D eigenvalue weighted by molar-refractivity contribution is 7.90. The summed E-state index contributed by atoms with van der Waals surface area (Å²) in [5.74, 6) is -1.07. The molecule has 13 heteroatoms. The van der Waals surface area contributed by atoms with Crippen molar-refractivity contribution < 1.29 is 17.6 Å². The van der Waals surface area contributed by atoms with Crippen molar-refractivity contribution in [2.24, 2.45) is 0 Å². The number of halogens is 2. The molecule has 1 aromatic carbocycles. The van der Waals surface area contributed by atoms with Crippen LogP contribution in [0.3, 0.4) is 0 Å². The Hall–Kier alpha value is -4.29. The number of rotatable bonds is 6. The van der Waals surface area contributed by atoms with Gasteiger partial charge in [-0.3, -0.25) is 19.1 Å². The fraction of sp³-hybridized carbons (Fsp3) is 0.290. The summed E-state index contributed by atoms with van der Waals surface area (Å²) in [5.41, 5.74) is 7.11. The van der Waals surface area contributed by atoms with Gasteiger partial charge in [0.1, 0.15) is 11.5 Å². The predicted molar refractivity (Wildman–Crippen MR) is 171 cm³/mol. The molecule has 0 bridgehead atoms. The Bertz CT molecular complexity index is 1980. The molecule has 10 nitrogen and oxygen atoms in total. The van der Waals surface area contributed by atoms with Crippen molar-refractivity contribution in [3.8, 4) is 16.9 Å². The fourth-order valence-corrected chi connectivity index (χ4v) is 6.88. The number of hydrogen-bond donors (Lipinski definition) is 1. The third kappa shape index (κ3) is 5.32. The SMILES string of the molecule is C=CC(=O)N1CCN(c2c(S(C)(=O)=O)c(=O)n(-c3c(C)ccnc3C(C)C)c3nc(-c4c(N)cccc4F)c(Cl)cc23)CC1. The average molecular weight is 639 g/mol. The molecule has 1 saturated heterocycles. The number of nitrogens with zero attached hydrogens (tertiary/aromatic N) is 5. The topological polar surface area (TPSA) is 131 Å². The molecule has 1 amide bonds. The number of benzene rings is 1. The van der Waals surface area contributed by atoms with Crippen molar-refractivity contribution in [1.29, 1.82) is 0 Å². The zero-order chi connectivity index (χ0) is 32.1. The number of amides is 1. The zero-order valence-electron chi connectivity index (χ0n) is 24.8. The first-order valence-corrected chi connectivity index (χ1v) is 16.2. The van der Waals surface area contributed by atoms with Gasteiger partial charge in [0.15, 0.2) is 14.7 Å². The van der Waals surface area contributed by atoms with Crippen molar-refractivity contribution in [3.05, 3.63) is 81.6 Å². The number of fused-ring (bicyclic) bond motifs is 1. The quantitative estimate of drug-likeness (QED) is 0.241. The highest BCUT2D eigenvalue weighted by Gasteiger charge is 2.33. The molecule has 4 aromatic rings. The lowest BCUT2D eigenvalue weighted by atomic mass is 10.0. The number of aryl methyl sites for hydroxylation is 1. The van der Waals surface area contributed by atoms with Crippen LogP contribution in [0, 0.1) is 12.7 Å². The molecule has 44 heavy (non-hydrogen) atoms. The first-order chi connectivity index (χ1) is 20.8. The number of sulfone groups is 1. The monoisotopic (exact) mass is 638 g/mol. The van der Waals surface area contributed by atoms with E-state index in [1.807, 2.05) is 13.8 Å². The Morgan fingerprint density at radius 1 is 1.16 bits per heavy atom. The Morgan fingerprint density at radius 3 is 2.43 bits per heavy atom. The highest BCUT2D eigenvalue weighted by Crippen LogP contribution is 2.40. The van der Waals surface area contributed by atoms with E-state index in [1.54, 1.807) is 29.0 Å². The molecular weight excluding hydrogens is 607 g/mol. The largest absolute Gasteiger partial charge is 0.398 e. The van der Waals surface area contributed by atoms with E-state index in [-0.39, 0.29) is 76.7 Å². The Labute approximate surface area is 259 Å². The van der Waals surface area contributed by atoms with Gasteiger partial charge in [0.05, 0.1) is 33.3 Å². The summed E-state index contributed by atoms with van der Waals surface area (Å²) in [6.07, 6.45) is 3.81. The van der Waals surface area contributed by atoms with E-state index >= 15 is 4.39 Å². The average Bonchev–Trinajstić information content (AvgIpc) is 2.96. The van der Waals surface area contributed by atoms with Crippen molar-refractivity contribution in [2.45, 2.75) is 31.6 Å². The van der Waals surface area contributed by atoms with Gasteiger partial charge in [0.25, 0.3) is 5.56 Å². The summed E-state index contributed by atoms with van der Waals surface area (Å²) < 4.78 is 43.4. The van der Waals surface area contributed by atoms with Crippen molar-refractivity contribution in [2.75, 3.05) is 43.1 Å². The van der Waals surface area contributed by atoms with E-state index in [2.05, 4.69) is 11.6 Å². The van der Waals surface area contributed by atoms with Crippen LogP contribution in [0.4, 0.5) is 15.8 Å². The summed E-state index contributed by atoms with van der Waals surface area (Å²) in [4.78, 5) is 39.0. The first kappa shape index (κ1) is 31.1. The summed E-state index contributed by atoms with van der Waals surface area (Å²) in [5, 5.41) is 0.266. The lowest BCUT2D eigenvalue weighted by Crippen LogP contribution is -2.49. The Kier molecular flexibility index (Phi) is 8.25. The van der Waals surface area contributed by atoms with E-state index < -0.39 is 26.1 Å². The molecule has 0 atom stereocenters. The van der Waals surface area contributed by atoms with Crippen LogP contribution < -0.4 is 16.2 Å². The van der Waals surface area contributed by atoms with Gasteiger partial charge >= 0.3 is 0 Å². The summed E-state index contributed by atoms with van der Waals surface area (Å²) in [6.45, 7) is 10.1. The summed E-state index contributed by atoms with van der Waals surface area (Å²) >= 11 is 6.78. The van der Waals surface area contributed by atoms with E-state index in [1.165, 1.54) is 34.9 Å². The minimum atomic E-state index is -4.15. The maximum atomic E-state index is 15.2.